The first-order valence-electron chi connectivity index (χ1n) is 10.5. The lowest BCUT2D eigenvalue weighted by Crippen LogP contribution is -2.51. The number of nitrogens with zero attached hydrogens (tertiary/aromatic N) is 4. The standard InChI is InChI=1S/C22H26N6O2/c1-13-19(23)12-28(27-13)16-5-6-18(21(29)11-16)20-7-8-22(26-25-20)30-17-9-14-3-2-4-15(10-17)24-14/h5-8,11-12,14-15,17,24,29H,2-4,9-10,23H2,1H3/t14-,15+,17-. The molecule has 5 rings (SSSR count). The molecule has 0 unspecified atom stereocenters. The molecule has 3 atom stereocenters. The van der Waals surface area contributed by atoms with Gasteiger partial charge in [-0.25, -0.2) is 4.68 Å². The maximum absolute atomic E-state index is 10.5. The molecule has 0 radical (unpaired) electrons. The largest absolute Gasteiger partial charge is 0.507 e. The van der Waals surface area contributed by atoms with Gasteiger partial charge in [0.15, 0.2) is 0 Å². The minimum atomic E-state index is 0.105. The van der Waals surface area contributed by atoms with Crippen LogP contribution < -0.4 is 15.8 Å². The molecule has 2 aliphatic rings. The van der Waals surface area contributed by atoms with Crippen LogP contribution in [0.15, 0.2) is 36.5 Å². The fourth-order valence-corrected chi connectivity index (χ4v) is 4.49. The predicted molar refractivity (Wildman–Crippen MR) is 114 cm³/mol. The van der Waals surface area contributed by atoms with Gasteiger partial charge in [0, 0.05) is 29.8 Å². The highest BCUT2D eigenvalue weighted by atomic mass is 16.5. The predicted octanol–water partition coefficient (Wildman–Crippen LogP) is 2.98. The zero-order chi connectivity index (χ0) is 20.7. The third-order valence-corrected chi connectivity index (χ3v) is 6.06. The quantitative estimate of drug-likeness (QED) is 0.611. The summed E-state index contributed by atoms with van der Waals surface area (Å²) < 4.78 is 7.75. The Morgan fingerprint density at radius 1 is 1.13 bits per heavy atom. The number of aromatic nitrogens is 4. The van der Waals surface area contributed by atoms with Crippen LogP contribution in [-0.4, -0.2) is 43.3 Å². The zero-order valence-electron chi connectivity index (χ0n) is 17.0. The van der Waals surface area contributed by atoms with Crippen molar-refractivity contribution in [3.63, 3.8) is 0 Å². The van der Waals surface area contributed by atoms with Crippen molar-refractivity contribution in [3.05, 3.63) is 42.2 Å². The lowest BCUT2D eigenvalue weighted by atomic mass is 9.85. The molecule has 0 spiro atoms. The summed E-state index contributed by atoms with van der Waals surface area (Å²) in [7, 11) is 0. The Labute approximate surface area is 175 Å². The number of benzene rings is 1. The van der Waals surface area contributed by atoms with Crippen molar-refractivity contribution < 1.29 is 9.84 Å². The number of nitrogens with one attached hydrogen (secondary N) is 1. The van der Waals surface area contributed by atoms with E-state index in [2.05, 4.69) is 20.6 Å². The average Bonchev–Trinajstić information content (AvgIpc) is 3.07. The van der Waals surface area contributed by atoms with Gasteiger partial charge in [0.05, 0.1) is 29.0 Å². The van der Waals surface area contributed by atoms with E-state index < -0.39 is 0 Å². The van der Waals surface area contributed by atoms with Crippen molar-refractivity contribution in [2.45, 2.75) is 57.2 Å². The summed E-state index contributed by atoms with van der Waals surface area (Å²) in [5, 5.41) is 27.1. The van der Waals surface area contributed by atoms with Gasteiger partial charge in [-0.05, 0) is 50.8 Å². The van der Waals surface area contributed by atoms with Crippen LogP contribution in [0.4, 0.5) is 5.69 Å². The van der Waals surface area contributed by atoms with E-state index in [0.29, 0.717) is 34.9 Å². The van der Waals surface area contributed by atoms with E-state index in [1.807, 2.05) is 25.1 Å². The molecule has 2 bridgehead atoms. The second-order valence-electron chi connectivity index (χ2n) is 8.28. The van der Waals surface area contributed by atoms with Gasteiger partial charge in [0.25, 0.3) is 0 Å². The number of hydrogen-bond donors (Lipinski definition) is 3. The van der Waals surface area contributed by atoms with Crippen LogP contribution in [0, 0.1) is 6.92 Å². The van der Waals surface area contributed by atoms with Gasteiger partial charge in [-0.2, -0.15) is 5.10 Å². The molecule has 0 aliphatic carbocycles. The van der Waals surface area contributed by atoms with Gasteiger partial charge < -0.3 is 20.9 Å². The topological polar surface area (TPSA) is 111 Å². The van der Waals surface area contributed by atoms with Crippen LogP contribution >= 0.6 is 0 Å². The monoisotopic (exact) mass is 406 g/mol. The molecular formula is C22H26N6O2. The van der Waals surface area contributed by atoms with Crippen molar-refractivity contribution in [2.75, 3.05) is 5.73 Å². The van der Waals surface area contributed by atoms with Crippen LogP contribution in [0.5, 0.6) is 11.6 Å². The molecular weight excluding hydrogens is 380 g/mol. The third kappa shape index (κ3) is 3.70. The number of fused-ring (bicyclic) bond motifs is 2. The van der Waals surface area contributed by atoms with E-state index in [1.165, 1.54) is 19.3 Å². The van der Waals surface area contributed by atoms with Gasteiger partial charge in [-0.3, -0.25) is 0 Å². The highest BCUT2D eigenvalue weighted by molar-refractivity contribution is 5.68. The van der Waals surface area contributed by atoms with Gasteiger partial charge in [-0.1, -0.05) is 6.42 Å². The van der Waals surface area contributed by atoms with E-state index in [4.69, 9.17) is 10.5 Å². The Hall–Kier alpha value is -3.13. The number of phenols is 1. The first kappa shape index (κ1) is 18.9. The number of phenolic OH excluding ortho intramolecular Hbond substituents is 1. The van der Waals surface area contributed by atoms with E-state index in [9.17, 15) is 5.11 Å². The summed E-state index contributed by atoms with van der Waals surface area (Å²) in [6.07, 6.45) is 7.68. The molecule has 2 aliphatic heterocycles. The van der Waals surface area contributed by atoms with E-state index >= 15 is 0 Å². The molecule has 4 heterocycles. The first-order valence-corrected chi connectivity index (χ1v) is 10.5. The van der Waals surface area contributed by atoms with Crippen LogP contribution in [0.25, 0.3) is 16.9 Å². The van der Waals surface area contributed by atoms with Crippen LogP contribution in [-0.2, 0) is 0 Å². The Bertz CT molecular complexity index is 1020. The maximum atomic E-state index is 10.5. The second-order valence-corrected chi connectivity index (χ2v) is 8.28. The Balaban J connectivity index is 1.30. The number of aryl methyl sites for hydroxylation is 1. The Kier molecular flexibility index (Phi) is 4.78. The van der Waals surface area contributed by atoms with Crippen molar-refractivity contribution in [1.29, 1.82) is 0 Å². The molecule has 156 valence electrons. The highest BCUT2D eigenvalue weighted by Crippen LogP contribution is 2.31. The molecule has 2 aromatic heterocycles. The van der Waals surface area contributed by atoms with Gasteiger partial charge in [-0.15, -0.1) is 10.2 Å². The third-order valence-electron chi connectivity index (χ3n) is 6.06. The van der Waals surface area contributed by atoms with E-state index in [1.54, 1.807) is 23.0 Å². The molecule has 8 nitrogen and oxygen atoms in total. The van der Waals surface area contributed by atoms with Crippen LogP contribution in [0.2, 0.25) is 0 Å². The fourth-order valence-electron chi connectivity index (χ4n) is 4.49. The van der Waals surface area contributed by atoms with Crippen molar-refractivity contribution in [2.24, 2.45) is 0 Å². The highest BCUT2D eigenvalue weighted by Gasteiger charge is 2.32. The summed E-state index contributed by atoms with van der Waals surface area (Å²) in [6.45, 7) is 1.84. The lowest BCUT2D eigenvalue weighted by molar-refractivity contribution is 0.0881. The summed E-state index contributed by atoms with van der Waals surface area (Å²) in [4.78, 5) is 0. The molecule has 4 N–H and O–H groups in total. The fraction of sp³-hybridized carbons (Fsp3) is 0.409. The molecule has 2 saturated heterocycles. The number of aromatic hydroxyl groups is 1. The summed E-state index contributed by atoms with van der Waals surface area (Å²) in [5.41, 5.74) is 9.13. The zero-order valence-corrected chi connectivity index (χ0v) is 17.0. The number of piperidine rings is 2. The number of ether oxygens (including phenoxy) is 1. The van der Waals surface area contributed by atoms with Crippen molar-refractivity contribution in [3.8, 4) is 28.6 Å². The minimum absolute atomic E-state index is 0.105. The van der Waals surface area contributed by atoms with E-state index in [-0.39, 0.29) is 11.9 Å². The smallest absolute Gasteiger partial charge is 0.233 e. The molecule has 0 amide bonds. The lowest BCUT2D eigenvalue weighted by Gasteiger charge is -2.39. The number of rotatable bonds is 4. The Morgan fingerprint density at radius 3 is 2.57 bits per heavy atom. The van der Waals surface area contributed by atoms with Crippen molar-refractivity contribution in [1.82, 2.24) is 25.3 Å². The molecule has 3 aromatic rings. The number of hydrogen-bond acceptors (Lipinski definition) is 7. The summed E-state index contributed by atoms with van der Waals surface area (Å²) >= 11 is 0. The minimum Gasteiger partial charge on any atom is -0.507 e. The first-order chi connectivity index (χ1) is 14.5. The molecule has 30 heavy (non-hydrogen) atoms. The molecule has 2 fully saturated rings. The van der Waals surface area contributed by atoms with Gasteiger partial charge in [0.2, 0.25) is 5.88 Å². The number of nitrogen functional groups attached to an aromatic ring is 1. The maximum Gasteiger partial charge on any atom is 0.233 e. The second kappa shape index (κ2) is 7.60. The van der Waals surface area contributed by atoms with Crippen LogP contribution in [0.1, 0.15) is 37.8 Å². The van der Waals surface area contributed by atoms with Crippen LogP contribution in [0.3, 0.4) is 0 Å². The summed E-state index contributed by atoms with van der Waals surface area (Å²) in [6, 6.07) is 10.1. The Morgan fingerprint density at radius 2 is 1.93 bits per heavy atom. The van der Waals surface area contributed by atoms with Gasteiger partial charge >= 0.3 is 0 Å². The number of nitrogens with two attached hydrogens (primary N) is 1. The molecule has 1 aromatic carbocycles. The van der Waals surface area contributed by atoms with Crippen molar-refractivity contribution >= 4 is 5.69 Å². The molecule has 0 saturated carbocycles. The average molecular weight is 406 g/mol. The summed E-state index contributed by atoms with van der Waals surface area (Å²) in [5.74, 6) is 0.635. The SMILES string of the molecule is Cc1nn(-c2ccc(-c3ccc(O[C@@H]4C[C@H]5CCC[C@@H](C4)N5)nn3)c(O)c2)cc1N. The normalized spacial score (nSPS) is 23.3. The van der Waals surface area contributed by atoms with E-state index in [0.717, 1.165) is 24.2 Å². The molecule has 8 heteroatoms. The number of anilines is 1. The van der Waals surface area contributed by atoms with Gasteiger partial charge in [0.1, 0.15) is 11.9 Å².